The third kappa shape index (κ3) is 2.74. The molecule has 1 aliphatic heterocycles. The number of Topliss-reactive ketones (excluding diaryl/α,β-unsaturated/α-hetero) is 1. The second-order valence-electron chi connectivity index (χ2n) is 11.1. The number of allylic oxidation sites excluding steroid dienone is 4. The Balaban J connectivity index is 1.61. The van der Waals surface area contributed by atoms with Crippen LogP contribution in [0.4, 0.5) is 8.78 Å². The molecule has 4 fully saturated rings. The van der Waals surface area contributed by atoms with Gasteiger partial charge in [-0.15, -0.1) is 0 Å². The summed E-state index contributed by atoms with van der Waals surface area (Å²) in [4.78, 5) is 25.5. The second kappa shape index (κ2) is 7.76. The van der Waals surface area contributed by atoms with Crippen LogP contribution in [0.15, 0.2) is 23.8 Å². The molecule has 0 bridgehead atoms. The summed E-state index contributed by atoms with van der Waals surface area (Å²) in [6, 6.07) is 0. The van der Waals surface area contributed by atoms with Crippen LogP contribution in [0.1, 0.15) is 52.9 Å². The summed E-state index contributed by atoms with van der Waals surface area (Å²) < 4.78 is 50.6. The van der Waals surface area contributed by atoms with Gasteiger partial charge in [-0.25, -0.2) is 8.78 Å². The molecular weight excluding hydrogens is 446 g/mol. The summed E-state index contributed by atoms with van der Waals surface area (Å²) >= 11 is 0. The maximum absolute atomic E-state index is 17.3. The molecule has 8 heteroatoms. The number of hydrogen-bond acceptors (Lipinski definition) is 6. The molecule has 0 amide bonds. The first kappa shape index (κ1) is 24.2. The predicted molar refractivity (Wildman–Crippen MR) is 118 cm³/mol. The number of ether oxygens (including phenoxy) is 3. The van der Waals surface area contributed by atoms with Crippen molar-refractivity contribution in [1.82, 2.24) is 0 Å². The number of hydrogen-bond donors (Lipinski definition) is 1. The third-order valence-electron chi connectivity index (χ3n) is 9.64. The number of fused-ring (bicyclic) bond motifs is 7. The molecule has 1 saturated heterocycles. The fourth-order valence-corrected chi connectivity index (χ4v) is 8.12. The number of aliphatic hydroxyl groups excluding tert-OH is 1. The number of rotatable bonds is 5. The molecule has 1 N–H and O–H groups in total. The Hall–Kier alpha value is -1.48. The molecule has 4 aliphatic carbocycles. The Morgan fingerprint density at radius 3 is 2.71 bits per heavy atom. The van der Waals surface area contributed by atoms with Crippen molar-refractivity contribution < 1.29 is 37.7 Å². The van der Waals surface area contributed by atoms with E-state index in [0.717, 1.165) is 6.42 Å². The van der Waals surface area contributed by atoms with Crippen molar-refractivity contribution in [1.29, 1.82) is 0 Å². The average Bonchev–Trinajstić information content (AvgIpc) is 3.25. The number of halogens is 2. The van der Waals surface area contributed by atoms with Crippen LogP contribution < -0.4 is 0 Å². The van der Waals surface area contributed by atoms with E-state index in [-0.39, 0.29) is 36.6 Å². The van der Waals surface area contributed by atoms with Crippen LogP contribution in [0.25, 0.3) is 0 Å². The van der Waals surface area contributed by atoms with Gasteiger partial charge in [0.2, 0.25) is 0 Å². The van der Waals surface area contributed by atoms with Crippen molar-refractivity contribution in [3.8, 4) is 0 Å². The zero-order valence-electron chi connectivity index (χ0n) is 20.2. The maximum atomic E-state index is 17.3. The molecule has 6 nitrogen and oxygen atoms in total. The Kier molecular flexibility index (Phi) is 5.53. The lowest BCUT2D eigenvalue weighted by Gasteiger charge is -2.63. The molecule has 0 aromatic carbocycles. The zero-order chi connectivity index (χ0) is 24.7. The average molecular weight is 481 g/mol. The van der Waals surface area contributed by atoms with Gasteiger partial charge in [0.05, 0.1) is 12.2 Å². The number of carbonyl (C=O) groups excluding carboxylic acids is 2. The van der Waals surface area contributed by atoms with Crippen molar-refractivity contribution in [2.24, 2.45) is 22.7 Å². The molecule has 34 heavy (non-hydrogen) atoms. The van der Waals surface area contributed by atoms with Gasteiger partial charge in [0, 0.05) is 23.9 Å². The molecule has 1 heterocycles. The SMILES string of the molecule is CCCC1O[C@@H]2C[C@H]3[C@@H]4C[C@H](F)C5=CC(=O)C=C[C@]5(C)[C@@]4(F)[C@@H](O)C[C@]3(C)[C@]2(C(=O)COC)O1. The van der Waals surface area contributed by atoms with E-state index in [2.05, 4.69) is 0 Å². The van der Waals surface area contributed by atoms with E-state index in [9.17, 15) is 14.7 Å². The fraction of sp³-hybridized carbons (Fsp3) is 0.769. The van der Waals surface area contributed by atoms with Gasteiger partial charge in [-0.3, -0.25) is 9.59 Å². The Labute approximate surface area is 198 Å². The minimum absolute atomic E-state index is 0.0412. The molecule has 3 saturated carbocycles. The largest absolute Gasteiger partial charge is 0.390 e. The normalized spacial score (nSPS) is 51.4. The van der Waals surface area contributed by atoms with E-state index in [1.54, 1.807) is 6.92 Å². The van der Waals surface area contributed by atoms with E-state index in [0.29, 0.717) is 12.8 Å². The molecule has 10 atom stereocenters. The fourth-order valence-electron chi connectivity index (χ4n) is 8.12. The first-order valence-corrected chi connectivity index (χ1v) is 12.3. The Bertz CT molecular complexity index is 965. The highest BCUT2D eigenvalue weighted by molar-refractivity contribution is 6.01. The van der Waals surface area contributed by atoms with Crippen LogP contribution >= 0.6 is 0 Å². The molecule has 0 spiro atoms. The van der Waals surface area contributed by atoms with Crippen molar-refractivity contribution in [3.05, 3.63) is 23.8 Å². The van der Waals surface area contributed by atoms with Crippen molar-refractivity contribution in [3.63, 3.8) is 0 Å². The van der Waals surface area contributed by atoms with Gasteiger partial charge in [-0.05, 0) is 56.3 Å². The van der Waals surface area contributed by atoms with Gasteiger partial charge in [0.1, 0.15) is 12.8 Å². The summed E-state index contributed by atoms with van der Waals surface area (Å²) in [5.41, 5.74) is -5.94. The van der Waals surface area contributed by atoms with E-state index < -0.39 is 58.6 Å². The number of methoxy groups -OCH3 is 1. The van der Waals surface area contributed by atoms with Crippen molar-refractivity contribution in [2.45, 2.75) is 88.8 Å². The molecule has 1 unspecified atom stereocenters. The number of aliphatic hydroxyl groups is 1. The highest BCUT2D eigenvalue weighted by Crippen LogP contribution is 2.72. The van der Waals surface area contributed by atoms with Gasteiger partial charge in [0.15, 0.2) is 29.1 Å². The molecule has 5 rings (SSSR count). The van der Waals surface area contributed by atoms with Gasteiger partial charge in [-0.2, -0.15) is 0 Å². The van der Waals surface area contributed by atoms with Crippen LogP contribution in [0.5, 0.6) is 0 Å². The molecule has 5 aliphatic rings. The van der Waals surface area contributed by atoms with Crippen LogP contribution in [-0.4, -0.2) is 66.3 Å². The zero-order valence-corrected chi connectivity index (χ0v) is 20.2. The monoisotopic (exact) mass is 480 g/mol. The summed E-state index contributed by atoms with van der Waals surface area (Å²) in [5.74, 6) is -2.01. The predicted octanol–water partition coefficient (Wildman–Crippen LogP) is 3.41. The maximum Gasteiger partial charge on any atom is 0.193 e. The molecule has 0 aromatic heterocycles. The Morgan fingerprint density at radius 2 is 2.03 bits per heavy atom. The quantitative estimate of drug-likeness (QED) is 0.650. The van der Waals surface area contributed by atoms with E-state index in [1.807, 2.05) is 13.8 Å². The standard InChI is InChI=1S/C26H34F2O6/c1-5-6-22-33-21-11-15-16-10-18(27)17-9-14(29)7-8-23(17,2)25(16,28)19(30)12-24(15,3)26(21,34-22)20(31)13-32-4/h7-9,15-16,18-19,21-22,30H,5-6,10-13H2,1-4H3/t15-,16-,18-,19-,21+,22?,23-,24-,25-,26+/m0/s1. The smallest absolute Gasteiger partial charge is 0.193 e. The molecule has 0 aromatic rings. The van der Waals surface area contributed by atoms with E-state index >= 15 is 8.78 Å². The van der Waals surface area contributed by atoms with Crippen LogP contribution in [-0.2, 0) is 23.8 Å². The molecular formula is C26H34F2O6. The lowest BCUT2D eigenvalue weighted by molar-refractivity contribution is -0.234. The highest BCUT2D eigenvalue weighted by atomic mass is 19.1. The Morgan fingerprint density at radius 1 is 1.29 bits per heavy atom. The highest BCUT2D eigenvalue weighted by Gasteiger charge is 2.79. The van der Waals surface area contributed by atoms with Gasteiger partial charge >= 0.3 is 0 Å². The van der Waals surface area contributed by atoms with Gasteiger partial charge in [-0.1, -0.05) is 26.3 Å². The second-order valence-corrected chi connectivity index (χ2v) is 11.1. The minimum atomic E-state index is -2.20. The summed E-state index contributed by atoms with van der Waals surface area (Å²) in [6.07, 6.45) is 1.18. The van der Waals surface area contributed by atoms with Gasteiger partial charge in [0.25, 0.3) is 0 Å². The number of ketones is 2. The summed E-state index contributed by atoms with van der Waals surface area (Å²) in [7, 11) is 1.43. The molecule has 188 valence electrons. The van der Waals surface area contributed by atoms with E-state index in [1.165, 1.54) is 25.3 Å². The third-order valence-corrected chi connectivity index (χ3v) is 9.64. The lowest BCUT2D eigenvalue weighted by Crippen LogP contribution is -2.71. The summed E-state index contributed by atoms with van der Waals surface area (Å²) in [5, 5.41) is 11.5. The molecule has 0 radical (unpaired) electrons. The van der Waals surface area contributed by atoms with Crippen molar-refractivity contribution >= 4 is 11.6 Å². The van der Waals surface area contributed by atoms with Crippen LogP contribution in [0.2, 0.25) is 0 Å². The summed E-state index contributed by atoms with van der Waals surface area (Å²) in [6.45, 7) is 5.23. The first-order chi connectivity index (χ1) is 16.0. The van der Waals surface area contributed by atoms with Gasteiger partial charge < -0.3 is 19.3 Å². The number of alkyl halides is 2. The van der Waals surface area contributed by atoms with Crippen LogP contribution in [0.3, 0.4) is 0 Å². The van der Waals surface area contributed by atoms with Crippen LogP contribution in [0, 0.1) is 22.7 Å². The minimum Gasteiger partial charge on any atom is -0.390 e. The lowest BCUT2D eigenvalue weighted by atomic mass is 9.44. The number of carbonyl (C=O) groups is 2. The first-order valence-electron chi connectivity index (χ1n) is 12.3. The van der Waals surface area contributed by atoms with E-state index in [4.69, 9.17) is 14.2 Å². The van der Waals surface area contributed by atoms with Crippen molar-refractivity contribution in [2.75, 3.05) is 13.7 Å². The topological polar surface area (TPSA) is 82.1 Å².